The molecule has 1 unspecified atom stereocenters. The lowest BCUT2D eigenvalue weighted by molar-refractivity contribution is 0.0727. The number of carbonyl (C=O) groups excluding carboxylic acids is 1. The summed E-state index contributed by atoms with van der Waals surface area (Å²) in [5, 5.41) is 15.7. The zero-order valence-electron chi connectivity index (χ0n) is 18.5. The number of amides is 1. The summed E-state index contributed by atoms with van der Waals surface area (Å²) in [7, 11) is 0. The Hall–Kier alpha value is -3.54. The monoisotopic (exact) mass is 469 g/mol. The molecular weight excluding hydrogens is 446 g/mol. The number of aromatic nitrogens is 1. The highest BCUT2D eigenvalue weighted by Gasteiger charge is 2.36. The van der Waals surface area contributed by atoms with Gasteiger partial charge in [-0.05, 0) is 71.5 Å². The molecule has 3 aromatic carbocycles. The number of phenolic OH excluding ortho intramolecular Hbond substituents is 1. The van der Waals surface area contributed by atoms with Crippen LogP contribution >= 0.6 is 11.6 Å². The predicted octanol–water partition coefficient (Wildman–Crippen LogP) is 5.65. The third-order valence-corrected chi connectivity index (χ3v) is 7.05. The van der Waals surface area contributed by atoms with Gasteiger partial charge in [0.15, 0.2) is 0 Å². The summed E-state index contributed by atoms with van der Waals surface area (Å²) in [6.07, 6.45) is 3.14. The van der Waals surface area contributed by atoms with E-state index < -0.39 is 6.04 Å². The van der Waals surface area contributed by atoms with Gasteiger partial charge in [0.05, 0.1) is 0 Å². The second-order valence-corrected chi connectivity index (χ2v) is 9.34. The number of carbonyl (C=O) groups is 1. The normalized spacial score (nSPS) is 16.6. The van der Waals surface area contributed by atoms with Crippen LogP contribution in [0.5, 0.6) is 5.75 Å². The van der Waals surface area contributed by atoms with Gasteiger partial charge < -0.3 is 20.3 Å². The Morgan fingerprint density at radius 2 is 1.91 bits per heavy atom. The van der Waals surface area contributed by atoms with Gasteiger partial charge in [-0.2, -0.15) is 0 Å². The predicted molar refractivity (Wildman–Crippen MR) is 135 cm³/mol. The van der Waals surface area contributed by atoms with Crippen molar-refractivity contribution in [3.63, 3.8) is 0 Å². The summed E-state index contributed by atoms with van der Waals surface area (Å²) in [5.74, 6) is 0.0618. The van der Waals surface area contributed by atoms with Crippen LogP contribution in [-0.4, -0.2) is 34.0 Å². The number of aromatic amines is 1. The number of para-hydroxylation sites is 1. The van der Waals surface area contributed by atoms with Crippen LogP contribution in [0.25, 0.3) is 16.5 Å². The lowest BCUT2D eigenvalue weighted by Crippen LogP contribution is -2.30. The lowest BCUT2D eigenvalue weighted by atomic mass is 9.97. The van der Waals surface area contributed by atoms with E-state index in [0.29, 0.717) is 17.1 Å². The topological polar surface area (TPSA) is 68.4 Å². The first-order valence-corrected chi connectivity index (χ1v) is 11.9. The molecule has 0 radical (unpaired) electrons. The summed E-state index contributed by atoms with van der Waals surface area (Å²) in [4.78, 5) is 19.1. The quantitative estimate of drug-likeness (QED) is 0.362. The lowest BCUT2D eigenvalue weighted by Gasteiger charge is -2.28. The van der Waals surface area contributed by atoms with Crippen LogP contribution in [0.3, 0.4) is 0 Å². The summed E-state index contributed by atoms with van der Waals surface area (Å²) in [5.41, 5.74) is 6.50. The Labute approximate surface area is 202 Å². The molecule has 2 aliphatic rings. The van der Waals surface area contributed by atoms with E-state index in [1.165, 1.54) is 5.57 Å². The fourth-order valence-electron chi connectivity index (χ4n) is 5.11. The number of aromatic hydroxyl groups is 1. The third kappa shape index (κ3) is 3.58. The van der Waals surface area contributed by atoms with E-state index in [1.807, 2.05) is 41.3 Å². The van der Waals surface area contributed by atoms with Crippen molar-refractivity contribution < 1.29 is 9.90 Å². The van der Waals surface area contributed by atoms with Gasteiger partial charge in [-0.15, -0.1) is 0 Å². The van der Waals surface area contributed by atoms with Crippen molar-refractivity contribution in [3.8, 4) is 5.75 Å². The number of hydrogen-bond acceptors (Lipinski definition) is 3. The maximum absolute atomic E-state index is 13.8. The van der Waals surface area contributed by atoms with Gasteiger partial charge in [-0.25, -0.2) is 0 Å². The van der Waals surface area contributed by atoms with Crippen LogP contribution in [-0.2, 0) is 6.54 Å². The molecule has 1 amide bonds. The third-order valence-electron chi connectivity index (χ3n) is 6.82. The molecule has 0 aliphatic carbocycles. The second kappa shape index (κ2) is 8.35. The molecule has 0 fully saturated rings. The summed E-state index contributed by atoms with van der Waals surface area (Å²) in [6, 6.07) is 20.7. The minimum Gasteiger partial charge on any atom is -0.508 e. The Morgan fingerprint density at radius 3 is 2.74 bits per heavy atom. The molecule has 2 aliphatic heterocycles. The van der Waals surface area contributed by atoms with E-state index in [1.54, 1.807) is 18.2 Å². The Bertz CT molecular complexity index is 1420. The van der Waals surface area contributed by atoms with Gasteiger partial charge in [0.25, 0.3) is 5.91 Å². The minimum absolute atomic E-state index is 0.0468. The molecule has 6 rings (SSSR count). The van der Waals surface area contributed by atoms with Crippen molar-refractivity contribution in [2.75, 3.05) is 13.1 Å². The molecule has 0 saturated carbocycles. The number of nitrogens with one attached hydrogen (secondary N) is 2. The Balaban J connectivity index is 1.45. The van der Waals surface area contributed by atoms with Crippen molar-refractivity contribution in [1.29, 1.82) is 0 Å². The van der Waals surface area contributed by atoms with Crippen LogP contribution in [0.2, 0.25) is 5.02 Å². The van der Waals surface area contributed by atoms with E-state index in [0.717, 1.165) is 52.8 Å². The Morgan fingerprint density at radius 1 is 1.03 bits per heavy atom. The van der Waals surface area contributed by atoms with Crippen molar-refractivity contribution in [1.82, 2.24) is 15.2 Å². The fourth-order valence-corrected chi connectivity index (χ4v) is 5.29. The highest BCUT2D eigenvalue weighted by molar-refractivity contribution is 6.30. The van der Waals surface area contributed by atoms with E-state index in [2.05, 4.69) is 28.5 Å². The van der Waals surface area contributed by atoms with Crippen LogP contribution in [0.1, 0.15) is 45.2 Å². The van der Waals surface area contributed by atoms with E-state index >= 15 is 0 Å². The van der Waals surface area contributed by atoms with Crippen molar-refractivity contribution in [3.05, 3.63) is 106 Å². The van der Waals surface area contributed by atoms with Crippen molar-refractivity contribution >= 4 is 34.0 Å². The SMILES string of the molecule is O=C1c2cc(C3=CCNCC3)ccc2CN1C(c1cc2ccccc2[nH]1)c1cc(Cl)ccc1O. The maximum atomic E-state index is 13.8. The molecule has 5 nitrogen and oxygen atoms in total. The number of fused-ring (bicyclic) bond motifs is 2. The fraction of sp³-hybridized carbons (Fsp3) is 0.179. The van der Waals surface area contributed by atoms with Gasteiger partial charge in [0.1, 0.15) is 11.8 Å². The van der Waals surface area contributed by atoms with Crippen molar-refractivity contribution in [2.24, 2.45) is 0 Å². The first-order chi connectivity index (χ1) is 16.6. The number of halogens is 1. The van der Waals surface area contributed by atoms with Crippen LogP contribution < -0.4 is 5.32 Å². The van der Waals surface area contributed by atoms with Gasteiger partial charge in [-0.3, -0.25) is 4.79 Å². The summed E-state index contributed by atoms with van der Waals surface area (Å²) in [6.45, 7) is 2.25. The molecule has 3 heterocycles. The molecule has 0 saturated heterocycles. The Kier molecular flexibility index (Phi) is 5.16. The minimum atomic E-state index is -0.507. The largest absolute Gasteiger partial charge is 0.508 e. The standard InChI is InChI=1S/C28H24ClN3O2/c29-21-7-8-26(33)23(15-21)27(25-14-19-3-1-2-4-24(19)31-25)32-16-20-6-5-18(13-22(20)28(32)34)17-9-11-30-12-10-17/h1-9,13-15,27,30-31,33H,10-12,16H2. The van der Waals surface area contributed by atoms with E-state index in [-0.39, 0.29) is 11.7 Å². The average Bonchev–Trinajstić information content (AvgIpc) is 3.43. The first kappa shape index (κ1) is 21.0. The number of hydrogen-bond donors (Lipinski definition) is 3. The summed E-state index contributed by atoms with van der Waals surface area (Å²) >= 11 is 6.33. The van der Waals surface area contributed by atoms with Gasteiger partial charge >= 0.3 is 0 Å². The van der Waals surface area contributed by atoms with Gasteiger partial charge in [0, 0.05) is 40.4 Å². The second-order valence-electron chi connectivity index (χ2n) is 8.91. The van der Waals surface area contributed by atoms with Crippen molar-refractivity contribution in [2.45, 2.75) is 19.0 Å². The maximum Gasteiger partial charge on any atom is 0.255 e. The van der Waals surface area contributed by atoms with E-state index in [4.69, 9.17) is 11.6 Å². The molecule has 34 heavy (non-hydrogen) atoms. The molecule has 1 aromatic heterocycles. The first-order valence-electron chi connectivity index (χ1n) is 11.5. The van der Waals surface area contributed by atoms with Crippen LogP contribution in [0.15, 0.2) is 72.8 Å². The number of nitrogens with zero attached hydrogens (tertiary/aromatic N) is 1. The number of rotatable bonds is 4. The molecule has 1 atom stereocenters. The molecular formula is C28H24ClN3O2. The van der Waals surface area contributed by atoms with Gasteiger partial charge in [0.2, 0.25) is 0 Å². The molecule has 4 aromatic rings. The van der Waals surface area contributed by atoms with Crippen LogP contribution in [0, 0.1) is 0 Å². The molecule has 0 bridgehead atoms. The van der Waals surface area contributed by atoms with Gasteiger partial charge in [-0.1, -0.05) is 48.0 Å². The highest BCUT2D eigenvalue weighted by Crippen LogP contribution is 2.41. The highest BCUT2D eigenvalue weighted by atomic mass is 35.5. The summed E-state index contributed by atoms with van der Waals surface area (Å²) < 4.78 is 0. The number of H-pyrrole nitrogens is 1. The molecule has 3 N–H and O–H groups in total. The molecule has 0 spiro atoms. The zero-order chi connectivity index (χ0) is 23.2. The molecule has 170 valence electrons. The number of benzene rings is 3. The zero-order valence-corrected chi connectivity index (χ0v) is 19.3. The number of phenols is 1. The molecule has 6 heteroatoms. The smallest absolute Gasteiger partial charge is 0.255 e. The van der Waals surface area contributed by atoms with Crippen LogP contribution in [0.4, 0.5) is 0 Å². The average molecular weight is 470 g/mol. The van der Waals surface area contributed by atoms with E-state index in [9.17, 15) is 9.90 Å².